The van der Waals surface area contributed by atoms with Crippen molar-refractivity contribution >= 4 is 11.0 Å². The molecule has 0 radical (unpaired) electrons. The topological polar surface area (TPSA) is 29.5 Å². The minimum absolute atomic E-state index is 0.732. The van der Waals surface area contributed by atoms with Gasteiger partial charge in [-0.05, 0) is 6.42 Å². The third-order valence-electron chi connectivity index (χ3n) is 1.64. The molecule has 4 heteroatoms. The summed E-state index contributed by atoms with van der Waals surface area (Å²) in [7, 11) is -0.753. The van der Waals surface area contributed by atoms with Crippen molar-refractivity contribution in [1.29, 1.82) is 0 Å². The van der Waals surface area contributed by atoms with Crippen LogP contribution in [0.25, 0.3) is 0 Å². The molecule has 1 aliphatic rings. The molecular weight excluding hydrogens is 162 g/mol. The molecule has 3 nitrogen and oxygen atoms in total. The predicted molar refractivity (Wildman–Crippen MR) is 45.7 cm³/mol. The van der Waals surface area contributed by atoms with Gasteiger partial charge in [-0.2, -0.15) is 0 Å². The minimum Gasteiger partial charge on any atom is -0.379 e. The maximum atomic E-state index is 11.4. The molecule has 1 heterocycles. The third kappa shape index (κ3) is 2.89. The Hall–Kier alpha value is 0.0700. The van der Waals surface area contributed by atoms with Gasteiger partial charge in [0.15, 0.2) is 0 Å². The molecule has 0 aliphatic carbocycles. The number of rotatable bonds is 3. The average molecular weight is 177 g/mol. The average Bonchev–Trinajstić information content (AvgIpc) is 2.07. The van der Waals surface area contributed by atoms with Crippen LogP contribution in [0.1, 0.15) is 13.3 Å². The summed E-state index contributed by atoms with van der Waals surface area (Å²) >= 11 is 0. The van der Waals surface area contributed by atoms with Gasteiger partial charge in [0.2, 0.25) is 0 Å². The summed E-state index contributed by atoms with van der Waals surface area (Å²) in [6.07, 6.45) is 0.990. The summed E-state index contributed by atoms with van der Waals surface area (Å²) in [6, 6.07) is 0. The first kappa shape index (κ1) is 9.16. The van der Waals surface area contributed by atoms with E-state index in [1.165, 1.54) is 0 Å². The Morgan fingerprint density at radius 3 is 2.64 bits per heavy atom. The van der Waals surface area contributed by atoms with Gasteiger partial charge in [0.1, 0.15) is 0 Å². The Bertz CT molecular complexity index is 134. The van der Waals surface area contributed by atoms with Crippen molar-refractivity contribution in [2.24, 2.45) is 0 Å². The zero-order valence-electron chi connectivity index (χ0n) is 6.91. The molecule has 1 aliphatic heterocycles. The molecule has 0 amide bonds. The zero-order valence-corrected chi connectivity index (χ0v) is 7.73. The molecule has 1 fully saturated rings. The molecule has 0 spiro atoms. The molecule has 1 atom stereocenters. The van der Waals surface area contributed by atoms with Crippen LogP contribution in [0.4, 0.5) is 0 Å². The van der Waals surface area contributed by atoms with Gasteiger partial charge >= 0.3 is 0 Å². The molecule has 1 saturated heterocycles. The summed E-state index contributed by atoms with van der Waals surface area (Å²) in [5.74, 6) is 0.792. The summed E-state index contributed by atoms with van der Waals surface area (Å²) in [5.41, 5.74) is 0. The van der Waals surface area contributed by atoms with Gasteiger partial charge < -0.3 is 4.74 Å². The summed E-state index contributed by atoms with van der Waals surface area (Å²) in [4.78, 5) is 0. The van der Waals surface area contributed by atoms with E-state index in [4.69, 9.17) is 4.74 Å². The van der Waals surface area contributed by atoms with Crippen molar-refractivity contribution in [1.82, 2.24) is 4.31 Å². The van der Waals surface area contributed by atoms with Crippen LogP contribution in [0.3, 0.4) is 0 Å². The van der Waals surface area contributed by atoms with Gasteiger partial charge in [0, 0.05) is 18.8 Å². The fourth-order valence-corrected chi connectivity index (χ4v) is 2.22. The highest BCUT2D eigenvalue weighted by Gasteiger charge is 2.14. The first-order valence-corrected chi connectivity index (χ1v) is 5.33. The van der Waals surface area contributed by atoms with E-state index in [9.17, 15) is 4.21 Å². The molecule has 1 rings (SSSR count). The molecule has 0 aromatic rings. The monoisotopic (exact) mass is 177 g/mol. The number of hydrogen-bond acceptors (Lipinski definition) is 2. The van der Waals surface area contributed by atoms with Crippen molar-refractivity contribution in [3.63, 3.8) is 0 Å². The van der Waals surface area contributed by atoms with Crippen LogP contribution in [0.5, 0.6) is 0 Å². The Balaban J connectivity index is 2.27. The molecule has 0 saturated carbocycles. The summed E-state index contributed by atoms with van der Waals surface area (Å²) < 4.78 is 18.5. The van der Waals surface area contributed by atoms with Crippen LogP contribution in [-0.2, 0) is 15.7 Å². The van der Waals surface area contributed by atoms with Crippen LogP contribution in [0.2, 0.25) is 0 Å². The lowest BCUT2D eigenvalue weighted by molar-refractivity contribution is 0.0752. The predicted octanol–water partition coefficient (Wildman–Crippen LogP) is 0.392. The van der Waals surface area contributed by atoms with E-state index in [0.29, 0.717) is 0 Å². The maximum Gasteiger partial charge on any atom is 0.0944 e. The second-order valence-corrected chi connectivity index (χ2v) is 4.13. The van der Waals surface area contributed by atoms with E-state index >= 15 is 0 Å². The normalized spacial score (nSPS) is 23.4. The standard InChI is InChI=1S/C7H15NO2S/c1-2-7-11(9)8-3-5-10-6-4-8/h2-7H2,1H3. The number of morpholine rings is 1. The van der Waals surface area contributed by atoms with Crippen LogP contribution in [0, 0.1) is 0 Å². The number of ether oxygens (including phenoxy) is 1. The van der Waals surface area contributed by atoms with Crippen LogP contribution >= 0.6 is 0 Å². The van der Waals surface area contributed by atoms with E-state index in [-0.39, 0.29) is 0 Å². The van der Waals surface area contributed by atoms with Crippen molar-refractivity contribution in [3.05, 3.63) is 0 Å². The summed E-state index contributed by atoms with van der Waals surface area (Å²) in [6.45, 7) is 5.17. The third-order valence-corrected chi connectivity index (χ3v) is 3.34. The minimum atomic E-state index is -0.753. The molecule has 0 bridgehead atoms. The Morgan fingerprint density at radius 2 is 2.09 bits per heavy atom. The Kier molecular flexibility index (Phi) is 4.04. The molecule has 0 N–H and O–H groups in total. The lowest BCUT2D eigenvalue weighted by Crippen LogP contribution is -2.38. The van der Waals surface area contributed by atoms with Crippen molar-refractivity contribution < 1.29 is 8.95 Å². The first-order chi connectivity index (χ1) is 5.34. The molecule has 11 heavy (non-hydrogen) atoms. The van der Waals surface area contributed by atoms with E-state index in [1.54, 1.807) is 0 Å². The molecule has 0 aromatic carbocycles. The van der Waals surface area contributed by atoms with Gasteiger partial charge in [-0.15, -0.1) is 0 Å². The van der Waals surface area contributed by atoms with E-state index in [2.05, 4.69) is 6.92 Å². The van der Waals surface area contributed by atoms with E-state index < -0.39 is 11.0 Å². The fourth-order valence-electron chi connectivity index (χ4n) is 1.05. The van der Waals surface area contributed by atoms with Gasteiger partial charge in [0.05, 0.1) is 24.2 Å². The largest absolute Gasteiger partial charge is 0.379 e. The van der Waals surface area contributed by atoms with Gasteiger partial charge in [-0.25, -0.2) is 8.51 Å². The van der Waals surface area contributed by atoms with Gasteiger partial charge in [-0.1, -0.05) is 6.92 Å². The smallest absolute Gasteiger partial charge is 0.0944 e. The quantitative estimate of drug-likeness (QED) is 0.624. The molecular formula is C7H15NO2S. The van der Waals surface area contributed by atoms with Crippen LogP contribution < -0.4 is 0 Å². The highest BCUT2D eigenvalue weighted by molar-refractivity contribution is 7.82. The number of nitrogens with zero attached hydrogens (tertiary/aromatic N) is 1. The molecule has 1 unspecified atom stereocenters. The van der Waals surface area contributed by atoms with Crippen LogP contribution in [-0.4, -0.2) is 40.6 Å². The van der Waals surface area contributed by atoms with Gasteiger partial charge in [0.25, 0.3) is 0 Å². The summed E-state index contributed by atoms with van der Waals surface area (Å²) in [5, 5.41) is 0. The van der Waals surface area contributed by atoms with E-state index in [0.717, 1.165) is 38.5 Å². The lowest BCUT2D eigenvalue weighted by Gasteiger charge is -2.24. The Labute approximate surface area is 70.3 Å². The van der Waals surface area contributed by atoms with E-state index in [1.807, 2.05) is 4.31 Å². The molecule has 0 aromatic heterocycles. The molecule has 66 valence electrons. The number of hydrogen-bond donors (Lipinski definition) is 0. The highest BCUT2D eigenvalue weighted by Crippen LogP contribution is 2.01. The van der Waals surface area contributed by atoms with Gasteiger partial charge in [-0.3, -0.25) is 0 Å². The Morgan fingerprint density at radius 1 is 1.45 bits per heavy atom. The zero-order chi connectivity index (χ0) is 8.10. The maximum absolute atomic E-state index is 11.4. The fraction of sp³-hybridized carbons (Fsp3) is 1.00. The van der Waals surface area contributed by atoms with Crippen molar-refractivity contribution in [2.75, 3.05) is 32.1 Å². The highest BCUT2D eigenvalue weighted by atomic mass is 32.2. The SMILES string of the molecule is CCCS(=O)N1CCOCC1. The first-order valence-electron chi connectivity index (χ1n) is 4.05. The van der Waals surface area contributed by atoms with Crippen molar-refractivity contribution in [3.8, 4) is 0 Å². The lowest BCUT2D eigenvalue weighted by atomic mass is 10.5. The van der Waals surface area contributed by atoms with Crippen molar-refractivity contribution in [2.45, 2.75) is 13.3 Å². The second-order valence-electron chi connectivity index (χ2n) is 2.57. The second kappa shape index (κ2) is 4.85. The van der Waals surface area contributed by atoms with Crippen LogP contribution in [0.15, 0.2) is 0 Å².